The van der Waals surface area contributed by atoms with Gasteiger partial charge in [-0.3, -0.25) is 0 Å². The van der Waals surface area contributed by atoms with Gasteiger partial charge in [0, 0.05) is 17.5 Å². The van der Waals surface area contributed by atoms with E-state index in [-0.39, 0.29) is 0 Å². The highest BCUT2D eigenvalue weighted by Gasteiger charge is 2.29. The van der Waals surface area contributed by atoms with Gasteiger partial charge in [-0.05, 0) is 49.1 Å². The molecule has 1 aliphatic rings. The van der Waals surface area contributed by atoms with Gasteiger partial charge in [0.05, 0.1) is 4.34 Å². The lowest BCUT2D eigenvalue weighted by atomic mass is 9.74. The van der Waals surface area contributed by atoms with Crippen LogP contribution in [0.2, 0.25) is 4.34 Å². The van der Waals surface area contributed by atoms with Crippen molar-refractivity contribution in [2.45, 2.75) is 52.5 Å². The SMILES string of the molecule is CC1CCC(C(C)C)C(NCCc2ccc(Cl)s2)C1. The Labute approximate surface area is 126 Å². The first-order valence-electron chi connectivity index (χ1n) is 7.54. The predicted octanol–water partition coefficient (Wildman–Crippen LogP) is 4.99. The van der Waals surface area contributed by atoms with Gasteiger partial charge in [0.15, 0.2) is 0 Å². The zero-order chi connectivity index (χ0) is 13.8. The van der Waals surface area contributed by atoms with Gasteiger partial charge in [0.25, 0.3) is 0 Å². The third kappa shape index (κ3) is 4.47. The van der Waals surface area contributed by atoms with Crippen LogP contribution in [-0.4, -0.2) is 12.6 Å². The summed E-state index contributed by atoms with van der Waals surface area (Å²) in [5.41, 5.74) is 0. The molecular formula is C16H26ClNS. The highest BCUT2D eigenvalue weighted by atomic mass is 35.5. The summed E-state index contributed by atoms with van der Waals surface area (Å²) in [7, 11) is 0. The van der Waals surface area contributed by atoms with Gasteiger partial charge in [0.1, 0.15) is 0 Å². The zero-order valence-corrected chi connectivity index (χ0v) is 13.9. The Morgan fingerprint density at radius 2 is 2.16 bits per heavy atom. The molecule has 1 nitrogen and oxygen atoms in total. The van der Waals surface area contributed by atoms with E-state index in [0.717, 1.165) is 35.1 Å². The first kappa shape index (κ1) is 15.3. The second-order valence-electron chi connectivity index (χ2n) is 6.34. The maximum absolute atomic E-state index is 5.97. The highest BCUT2D eigenvalue weighted by Crippen LogP contribution is 2.33. The fourth-order valence-corrected chi connectivity index (χ4v) is 4.39. The molecule has 0 saturated heterocycles. The van der Waals surface area contributed by atoms with Gasteiger partial charge in [-0.15, -0.1) is 11.3 Å². The molecular weight excluding hydrogens is 274 g/mol. The van der Waals surface area contributed by atoms with E-state index in [1.54, 1.807) is 11.3 Å². The molecule has 0 amide bonds. The molecule has 2 rings (SSSR count). The molecule has 1 aliphatic carbocycles. The molecule has 19 heavy (non-hydrogen) atoms. The maximum Gasteiger partial charge on any atom is 0.0931 e. The van der Waals surface area contributed by atoms with Crippen LogP contribution in [0.15, 0.2) is 12.1 Å². The minimum atomic E-state index is 0.708. The molecule has 1 aromatic rings. The Balaban J connectivity index is 1.82. The fourth-order valence-electron chi connectivity index (χ4n) is 3.30. The minimum Gasteiger partial charge on any atom is -0.313 e. The summed E-state index contributed by atoms with van der Waals surface area (Å²) in [6.45, 7) is 8.21. The Morgan fingerprint density at radius 1 is 1.37 bits per heavy atom. The van der Waals surface area contributed by atoms with Gasteiger partial charge < -0.3 is 5.32 Å². The summed E-state index contributed by atoms with van der Waals surface area (Å²) in [6.07, 6.45) is 5.24. The van der Waals surface area contributed by atoms with Gasteiger partial charge in [-0.2, -0.15) is 0 Å². The van der Waals surface area contributed by atoms with Crippen molar-refractivity contribution in [3.63, 3.8) is 0 Å². The van der Waals surface area contributed by atoms with E-state index in [1.807, 2.05) is 6.07 Å². The van der Waals surface area contributed by atoms with Crippen molar-refractivity contribution in [3.05, 3.63) is 21.3 Å². The number of halogens is 1. The van der Waals surface area contributed by atoms with E-state index >= 15 is 0 Å². The van der Waals surface area contributed by atoms with Crippen LogP contribution in [0.1, 0.15) is 44.9 Å². The molecule has 0 spiro atoms. The molecule has 0 bridgehead atoms. The molecule has 0 radical (unpaired) electrons. The Morgan fingerprint density at radius 3 is 2.79 bits per heavy atom. The lowest BCUT2D eigenvalue weighted by Gasteiger charge is -2.38. The molecule has 0 aliphatic heterocycles. The molecule has 1 fully saturated rings. The average Bonchev–Trinajstić information content (AvgIpc) is 2.75. The summed E-state index contributed by atoms with van der Waals surface area (Å²) < 4.78 is 0.904. The maximum atomic E-state index is 5.97. The molecule has 1 saturated carbocycles. The normalized spacial score (nSPS) is 27.9. The summed E-state index contributed by atoms with van der Waals surface area (Å²) in [4.78, 5) is 1.39. The van der Waals surface area contributed by atoms with Crippen molar-refractivity contribution in [2.24, 2.45) is 17.8 Å². The Bertz CT molecular complexity index is 388. The van der Waals surface area contributed by atoms with E-state index in [0.29, 0.717) is 6.04 Å². The third-order valence-electron chi connectivity index (χ3n) is 4.43. The minimum absolute atomic E-state index is 0.708. The van der Waals surface area contributed by atoms with Crippen molar-refractivity contribution >= 4 is 22.9 Å². The smallest absolute Gasteiger partial charge is 0.0931 e. The van der Waals surface area contributed by atoms with Crippen LogP contribution in [-0.2, 0) is 6.42 Å². The van der Waals surface area contributed by atoms with E-state index < -0.39 is 0 Å². The van der Waals surface area contributed by atoms with Crippen LogP contribution in [0.4, 0.5) is 0 Å². The Hall–Kier alpha value is -0.0500. The third-order valence-corrected chi connectivity index (χ3v) is 5.72. The fraction of sp³-hybridized carbons (Fsp3) is 0.750. The quantitative estimate of drug-likeness (QED) is 0.807. The molecule has 3 unspecified atom stereocenters. The molecule has 1 heterocycles. The topological polar surface area (TPSA) is 12.0 Å². The molecule has 3 heteroatoms. The Kier molecular flexibility index (Phi) is 5.73. The predicted molar refractivity (Wildman–Crippen MR) is 86.2 cm³/mol. The highest BCUT2D eigenvalue weighted by molar-refractivity contribution is 7.16. The van der Waals surface area contributed by atoms with Crippen molar-refractivity contribution in [2.75, 3.05) is 6.54 Å². The van der Waals surface area contributed by atoms with Gasteiger partial charge in [0.2, 0.25) is 0 Å². The van der Waals surface area contributed by atoms with Crippen molar-refractivity contribution in [3.8, 4) is 0 Å². The lowest BCUT2D eigenvalue weighted by Crippen LogP contribution is -2.43. The number of hydrogen-bond acceptors (Lipinski definition) is 2. The number of nitrogens with one attached hydrogen (secondary N) is 1. The lowest BCUT2D eigenvalue weighted by molar-refractivity contribution is 0.171. The zero-order valence-electron chi connectivity index (χ0n) is 12.3. The largest absolute Gasteiger partial charge is 0.313 e. The molecule has 3 atom stereocenters. The summed E-state index contributed by atoms with van der Waals surface area (Å²) in [5, 5.41) is 3.80. The summed E-state index contributed by atoms with van der Waals surface area (Å²) in [5.74, 6) is 2.52. The van der Waals surface area contributed by atoms with Crippen molar-refractivity contribution in [1.29, 1.82) is 0 Å². The van der Waals surface area contributed by atoms with Crippen LogP contribution in [0, 0.1) is 17.8 Å². The molecule has 1 N–H and O–H groups in total. The van der Waals surface area contributed by atoms with Crippen LogP contribution in [0.3, 0.4) is 0 Å². The van der Waals surface area contributed by atoms with E-state index in [4.69, 9.17) is 11.6 Å². The van der Waals surface area contributed by atoms with Crippen LogP contribution in [0.25, 0.3) is 0 Å². The number of rotatable bonds is 5. The van der Waals surface area contributed by atoms with Crippen molar-refractivity contribution in [1.82, 2.24) is 5.32 Å². The second-order valence-corrected chi connectivity index (χ2v) is 8.14. The number of hydrogen-bond donors (Lipinski definition) is 1. The van der Waals surface area contributed by atoms with Gasteiger partial charge in [-0.1, -0.05) is 38.8 Å². The number of thiophene rings is 1. The first-order valence-corrected chi connectivity index (χ1v) is 8.73. The van der Waals surface area contributed by atoms with E-state index in [1.165, 1.54) is 24.1 Å². The van der Waals surface area contributed by atoms with E-state index in [2.05, 4.69) is 32.2 Å². The first-order chi connectivity index (χ1) is 9.06. The molecule has 108 valence electrons. The monoisotopic (exact) mass is 299 g/mol. The van der Waals surface area contributed by atoms with Gasteiger partial charge in [-0.25, -0.2) is 0 Å². The standard InChI is InChI=1S/C16H26ClNS/c1-11(2)14-6-4-12(3)10-15(14)18-9-8-13-5-7-16(17)19-13/h5,7,11-12,14-15,18H,4,6,8-10H2,1-3H3. The van der Waals surface area contributed by atoms with Gasteiger partial charge >= 0.3 is 0 Å². The molecule has 1 aromatic heterocycles. The molecule has 0 aromatic carbocycles. The summed E-state index contributed by atoms with van der Waals surface area (Å²) in [6, 6.07) is 4.86. The van der Waals surface area contributed by atoms with E-state index in [9.17, 15) is 0 Å². The average molecular weight is 300 g/mol. The van der Waals surface area contributed by atoms with Crippen LogP contribution < -0.4 is 5.32 Å². The van der Waals surface area contributed by atoms with Crippen LogP contribution in [0.5, 0.6) is 0 Å². The second kappa shape index (κ2) is 7.10. The summed E-state index contributed by atoms with van der Waals surface area (Å²) >= 11 is 7.68. The van der Waals surface area contributed by atoms with Crippen LogP contribution >= 0.6 is 22.9 Å². The van der Waals surface area contributed by atoms with Crippen molar-refractivity contribution < 1.29 is 0 Å².